The largest absolute Gasteiger partial charge is 0.322 e. The van der Waals surface area contributed by atoms with E-state index in [1.165, 1.54) is 21.7 Å². The molecular formula is C27H36Cl2N4O3S. The lowest BCUT2D eigenvalue weighted by Gasteiger charge is -2.35. The van der Waals surface area contributed by atoms with Crippen molar-refractivity contribution in [1.29, 1.82) is 0 Å². The quantitative estimate of drug-likeness (QED) is 0.507. The summed E-state index contributed by atoms with van der Waals surface area (Å²) in [5.74, 6) is 0.551. The summed E-state index contributed by atoms with van der Waals surface area (Å²) in [5.41, 5.74) is 3.59. The van der Waals surface area contributed by atoms with Crippen molar-refractivity contribution in [2.24, 2.45) is 0 Å². The Kier molecular flexibility index (Phi) is 8.75. The molecule has 202 valence electrons. The highest BCUT2D eigenvalue weighted by atomic mass is 35.5. The van der Waals surface area contributed by atoms with Gasteiger partial charge in [-0.3, -0.25) is 4.90 Å². The number of carbonyl (C=O) groups is 1. The van der Waals surface area contributed by atoms with Crippen LogP contribution < -0.4 is 0 Å². The Balaban J connectivity index is 1.52. The second-order valence-electron chi connectivity index (χ2n) is 10.5. The molecule has 2 aromatic rings. The minimum absolute atomic E-state index is 0.0459. The molecule has 2 heterocycles. The van der Waals surface area contributed by atoms with Crippen LogP contribution in [0.1, 0.15) is 42.4 Å². The lowest BCUT2D eigenvalue weighted by Crippen LogP contribution is -2.53. The third-order valence-electron chi connectivity index (χ3n) is 7.55. The van der Waals surface area contributed by atoms with Crippen molar-refractivity contribution in [3.63, 3.8) is 0 Å². The van der Waals surface area contributed by atoms with Crippen LogP contribution in [0.5, 0.6) is 0 Å². The van der Waals surface area contributed by atoms with E-state index in [1.54, 1.807) is 4.90 Å². The maximum atomic E-state index is 13.5. The first kappa shape index (κ1) is 28.2. The molecule has 0 saturated carbocycles. The first-order chi connectivity index (χ1) is 17.4. The van der Waals surface area contributed by atoms with Gasteiger partial charge in [0.2, 0.25) is 10.0 Å². The van der Waals surface area contributed by atoms with Crippen LogP contribution in [0, 0.1) is 0 Å². The molecule has 0 N–H and O–H groups in total. The molecular weight excluding hydrogens is 531 g/mol. The highest BCUT2D eigenvalue weighted by Gasteiger charge is 2.40. The number of urea groups is 1. The molecule has 2 aromatic carbocycles. The molecule has 2 saturated heterocycles. The third kappa shape index (κ3) is 6.60. The van der Waals surface area contributed by atoms with Gasteiger partial charge < -0.3 is 9.80 Å². The molecule has 7 nitrogen and oxygen atoms in total. The minimum atomic E-state index is -3.25. The Labute approximate surface area is 231 Å². The fourth-order valence-corrected chi connectivity index (χ4v) is 6.42. The third-order valence-corrected chi connectivity index (χ3v) is 9.60. The average Bonchev–Trinajstić information content (AvgIpc) is 3.31. The maximum absolute atomic E-state index is 13.5. The van der Waals surface area contributed by atoms with Crippen LogP contribution in [0.4, 0.5) is 4.79 Å². The average molecular weight is 568 g/mol. The fourth-order valence-electron chi connectivity index (χ4n) is 5.28. The summed E-state index contributed by atoms with van der Waals surface area (Å²) in [4.78, 5) is 19.5. The van der Waals surface area contributed by atoms with Crippen molar-refractivity contribution in [1.82, 2.24) is 19.0 Å². The number of halogens is 2. The number of hydrogen-bond acceptors (Lipinski definition) is 4. The van der Waals surface area contributed by atoms with E-state index in [9.17, 15) is 13.2 Å². The predicted octanol–water partition coefficient (Wildman–Crippen LogP) is 4.71. The number of rotatable bonds is 6. The Morgan fingerprint density at radius 1 is 0.973 bits per heavy atom. The topological polar surface area (TPSA) is 64.2 Å². The van der Waals surface area contributed by atoms with Gasteiger partial charge in [-0.15, -0.1) is 0 Å². The Morgan fingerprint density at radius 2 is 1.62 bits per heavy atom. The summed E-state index contributed by atoms with van der Waals surface area (Å²) in [6.45, 7) is 7.71. The zero-order valence-electron chi connectivity index (χ0n) is 21.9. The van der Waals surface area contributed by atoms with E-state index in [2.05, 4.69) is 50.1 Å². The van der Waals surface area contributed by atoms with Crippen molar-refractivity contribution in [2.75, 3.05) is 52.6 Å². The SMILES string of the molecule is CC(C)c1ccc(CN(C)[C@@H]2CN(C(=O)N3CCN(S(C)(=O)=O)CC3)C[C@@H]2c2ccc(Cl)c(Cl)c2)cc1. The molecule has 4 rings (SSSR count). The van der Waals surface area contributed by atoms with Crippen molar-refractivity contribution < 1.29 is 13.2 Å². The molecule has 0 radical (unpaired) electrons. The van der Waals surface area contributed by atoms with Crippen molar-refractivity contribution in [3.8, 4) is 0 Å². The van der Waals surface area contributed by atoms with Gasteiger partial charge in [0.15, 0.2) is 0 Å². The molecule has 2 aliphatic rings. The van der Waals surface area contributed by atoms with Crippen molar-refractivity contribution >= 4 is 39.3 Å². The number of hydrogen-bond donors (Lipinski definition) is 0. The minimum Gasteiger partial charge on any atom is -0.322 e. The zero-order valence-corrected chi connectivity index (χ0v) is 24.2. The van der Waals surface area contributed by atoms with Crippen molar-refractivity contribution in [2.45, 2.75) is 38.3 Å². The summed E-state index contributed by atoms with van der Waals surface area (Å²) in [7, 11) is -1.15. The number of sulfonamides is 1. The van der Waals surface area contributed by atoms with Gasteiger partial charge in [0, 0.05) is 57.8 Å². The second-order valence-corrected chi connectivity index (χ2v) is 13.3. The molecule has 0 bridgehead atoms. The van der Waals surface area contributed by atoms with E-state index in [0.29, 0.717) is 55.2 Å². The van der Waals surface area contributed by atoms with Gasteiger partial charge in [0.1, 0.15) is 0 Å². The maximum Gasteiger partial charge on any atom is 0.320 e. The van der Waals surface area contributed by atoms with E-state index in [-0.39, 0.29) is 18.0 Å². The summed E-state index contributed by atoms with van der Waals surface area (Å²) >= 11 is 12.6. The van der Waals surface area contributed by atoms with Crippen LogP contribution in [-0.2, 0) is 16.6 Å². The van der Waals surface area contributed by atoms with E-state index in [4.69, 9.17) is 23.2 Å². The molecule has 2 aliphatic heterocycles. The highest BCUT2D eigenvalue weighted by molar-refractivity contribution is 7.88. The Hall–Kier alpha value is -1.84. The number of amides is 2. The number of likely N-dealkylation sites (N-methyl/N-ethyl adjacent to an activating group) is 1. The molecule has 0 unspecified atom stereocenters. The van der Waals surface area contributed by atoms with E-state index >= 15 is 0 Å². The van der Waals surface area contributed by atoms with Crippen LogP contribution in [-0.4, -0.2) is 92.1 Å². The molecule has 10 heteroatoms. The van der Waals surface area contributed by atoms with Crippen LogP contribution in [0.15, 0.2) is 42.5 Å². The summed E-state index contributed by atoms with van der Waals surface area (Å²) in [6, 6.07) is 14.5. The number of piperazine rings is 1. The smallest absolute Gasteiger partial charge is 0.320 e. The zero-order chi connectivity index (χ0) is 26.9. The normalized spacial score (nSPS) is 21.3. The number of benzene rings is 2. The van der Waals surface area contributed by atoms with Crippen molar-refractivity contribution in [3.05, 3.63) is 69.2 Å². The van der Waals surface area contributed by atoms with Gasteiger partial charge >= 0.3 is 6.03 Å². The molecule has 0 spiro atoms. The van der Waals surface area contributed by atoms with Gasteiger partial charge in [-0.25, -0.2) is 13.2 Å². The molecule has 2 amide bonds. The summed E-state index contributed by atoms with van der Waals surface area (Å²) in [5, 5.41) is 1.02. The van der Waals surface area contributed by atoms with Gasteiger partial charge in [0.25, 0.3) is 0 Å². The van der Waals surface area contributed by atoms with E-state index in [1.807, 2.05) is 23.1 Å². The molecule has 37 heavy (non-hydrogen) atoms. The lowest BCUT2D eigenvalue weighted by molar-refractivity contribution is 0.138. The standard InChI is InChI=1S/C27H36Cl2N4O3S/c1-19(2)21-7-5-20(6-8-21)16-30(3)26-18-32(17-23(26)22-9-10-24(28)25(29)15-22)27(34)31-11-13-33(14-12-31)37(4,35)36/h5-10,15,19,23,26H,11-14,16-18H2,1-4H3/t23-,26-/m1/s1. The van der Waals surface area contributed by atoms with E-state index in [0.717, 1.165) is 12.1 Å². The molecule has 0 aliphatic carbocycles. The summed E-state index contributed by atoms with van der Waals surface area (Å²) in [6.07, 6.45) is 1.21. The first-order valence-corrected chi connectivity index (χ1v) is 15.3. The van der Waals surface area contributed by atoms with Crippen LogP contribution in [0.2, 0.25) is 10.0 Å². The Morgan fingerprint density at radius 3 is 2.19 bits per heavy atom. The Bertz CT molecular complexity index is 1210. The van der Waals surface area contributed by atoms with Crippen LogP contribution in [0.3, 0.4) is 0 Å². The van der Waals surface area contributed by atoms with Gasteiger partial charge in [0.05, 0.1) is 16.3 Å². The first-order valence-electron chi connectivity index (χ1n) is 12.7. The van der Waals surface area contributed by atoms with Gasteiger partial charge in [-0.05, 0) is 41.8 Å². The number of likely N-dealkylation sites (tertiary alicyclic amines) is 1. The lowest BCUT2D eigenvalue weighted by atomic mass is 9.93. The predicted molar refractivity (Wildman–Crippen MR) is 150 cm³/mol. The fraction of sp³-hybridized carbons (Fsp3) is 0.519. The molecule has 2 atom stereocenters. The van der Waals surface area contributed by atoms with Gasteiger partial charge in [-0.1, -0.05) is 67.4 Å². The molecule has 2 fully saturated rings. The molecule has 0 aromatic heterocycles. The number of nitrogens with zero attached hydrogens (tertiary/aromatic N) is 4. The van der Waals surface area contributed by atoms with Crippen LogP contribution >= 0.6 is 23.2 Å². The van der Waals surface area contributed by atoms with Gasteiger partial charge in [-0.2, -0.15) is 4.31 Å². The number of carbonyl (C=O) groups excluding carboxylic acids is 1. The monoisotopic (exact) mass is 566 g/mol. The second kappa shape index (κ2) is 11.5. The highest BCUT2D eigenvalue weighted by Crippen LogP contribution is 2.35. The van der Waals surface area contributed by atoms with E-state index < -0.39 is 10.0 Å². The van der Waals surface area contributed by atoms with Crippen LogP contribution in [0.25, 0.3) is 0 Å². The summed E-state index contributed by atoms with van der Waals surface area (Å²) < 4.78 is 25.2.